The second-order valence-corrected chi connectivity index (χ2v) is 3.94. The van der Waals surface area contributed by atoms with E-state index in [1.54, 1.807) is 48.5 Å². The maximum Gasteiger partial charge on any atom is 1.00 e. The van der Waals surface area contributed by atoms with Gasteiger partial charge < -0.3 is 9.90 Å². The summed E-state index contributed by atoms with van der Waals surface area (Å²) in [5, 5.41) is 10.5. The minimum Gasteiger partial charge on any atom is -0.550 e. The van der Waals surface area contributed by atoms with Crippen LogP contribution in [0.5, 0.6) is 0 Å². The van der Waals surface area contributed by atoms with Crippen molar-refractivity contribution >= 4 is 11.8 Å². The fourth-order valence-corrected chi connectivity index (χ4v) is 1.75. The second-order valence-electron chi connectivity index (χ2n) is 3.94. The van der Waals surface area contributed by atoms with Crippen molar-refractivity contribution in [2.75, 3.05) is 0 Å². The zero-order valence-electron chi connectivity index (χ0n) is 10.6. The molecule has 0 atom stereocenters. The van der Waals surface area contributed by atoms with E-state index in [9.17, 15) is 14.7 Å². The van der Waals surface area contributed by atoms with E-state index in [-0.39, 0.29) is 41.8 Å². The van der Waals surface area contributed by atoms with E-state index < -0.39 is 5.97 Å². The number of carbonyl (C=O) groups is 2. The van der Waals surface area contributed by atoms with Crippen LogP contribution in [0.2, 0.25) is 0 Å². The van der Waals surface area contributed by atoms with Crippen molar-refractivity contribution in [3.8, 4) is 0 Å². The molecular weight excluding hydrogens is 251 g/mol. The van der Waals surface area contributed by atoms with Crippen LogP contribution < -0.4 is 34.7 Å². The minimum atomic E-state index is -1.15. The molecule has 0 saturated carbocycles. The van der Waals surface area contributed by atoms with Gasteiger partial charge in [-0.05, 0) is 11.6 Å². The van der Waals surface area contributed by atoms with E-state index in [1.165, 1.54) is 0 Å². The Morgan fingerprint density at radius 1 is 0.895 bits per heavy atom. The van der Waals surface area contributed by atoms with Gasteiger partial charge in [0.2, 0.25) is 0 Å². The molecule has 3 nitrogen and oxygen atoms in total. The van der Waals surface area contributed by atoms with Gasteiger partial charge in [0.25, 0.3) is 0 Å². The summed E-state index contributed by atoms with van der Waals surface area (Å²) in [6, 6.07) is 15.5. The standard InChI is InChI=1S/C15H12O3.Na/c16-14(17)10-11-5-4-8-13(9-11)15(18)12-6-2-1-3-7-12;/h1-9H,10H2,(H,16,17);/q;+1/p-1. The summed E-state index contributed by atoms with van der Waals surface area (Å²) in [6.45, 7) is 0. The van der Waals surface area contributed by atoms with Gasteiger partial charge in [0.05, 0.1) is 0 Å². The summed E-state index contributed by atoms with van der Waals surface area (Å²) in [6.07, 6.45) is -0.185. The van der Waals surface area contributed by atoms with Crippen LogP contribution in [0.4, 0.5) is 0 Å². The fourth-order valence-electron chi connectivity index (χ4n) is 1.75. The molecule has 0 spiro atoms. The van der Waals surface area contributed by atoms with E-state index in [0.29, 0.717) is 16.7 Å². The third kappa shape index (κ3) is 4.31. The quantitative estimate of drug-likeness (QED) is 0.483. The van der Waals surface area contributed by atoms with Crippen LogP contribution in [-0.2, 0) is 11.2 Å². The van der Waals surface area contributed by atoms with E-state index >= 15 is 0 Å². The molecule has 0 aliphatic rings. The molecule has 0 amide bonds. The second kappa shape index (κ2) is 7.24. The van der Waals surface area contributed by atoms with Gasteiger partial charge in [-0.15, -0.1) is 0 Å². The Kier molecular flexibility index (Phi) is 5.96. The summed E-state index contributed by atoms with van der Waals surface area (Å²) < 4.78 is 0. The molecule has 0 fully saturated rings. The zero-order valence-corrected chi connectivity index (χ0v) is 12.6. The number of ketones is 1. The number of benzene rings is 2. The summed E-state index contributed by atoms with van der Waals surface area (Å²) in [4.78, 5) is 22.6. The molecule has 19 heavy (non-hydrogen) atoms. The van der Waals surface area contributed by atoms with Gasteiger partial charge in [0.15, 0.2) is 5.78 Å². The van der Waals surface area contributed by atoms with Gasteiger partial charge >= 0.3 is 29.6 Å². The number of hydrogen-bond donors (Lipinski definition) is 0. The van der Waals surface area contributed by atoms with E-state index in [1.807, 2.05) is 6.07 Å². The minimum absolute atomic E-state index is 0. The van der Waals surface area contributed by atoms with Crippen molar-refractivity contribution in [2.24, 2.45) is 0 Å². The van der Waals surface area contributed by atoms with Gasteiger partial charge in [-0.3, -0.25) is 4.79 Å². The first-order chi connectivity index (χ1) is 8.66. The molecule has 2 rings (SSSR count). The summed E-state index contributed by atoms with van der Waals surface area (Å²) >= 11 is 0. The number of carbonyl (C=O) groups excluding carboxylic acids is 2. The zero-order chi connectivity index (χ0) is 13.0. The molecule has 4 heteroatoms. The Hall–Kier alpha value is -1.42. The van der Waals surface area contributed by atoms with Gasteiger partial charge in [0, 0.05) is 23.5 Å². The maximum absolute atomic E-state index is 12.1. The predicted octanol–water partition coefficient (Wildman–Crippen LogP) is -1.79. The van der Waals surface area contributed by atoms with Crippen molar-refractivity contribution in [1.29, 1.82) is 0 Å². The number of carboxylic acid groups (broad SMARTS) is 1. The van der Waals surface area contributed by atoms with Crippen LogP contribution in [0.15, 0.2) is 54.6 Å². The van der Waals surface area contributed by atoms with Crippen LogP contribution in [0.25, 0.3) is 0 Å². The molecule has 0 bridgehead atoms. The molecular formula is C15H11NaO3. The monoisotopic (exact) mass is 262 g/mol. The smallest absolute Gasteiger partial charge is 0.550 e. The van der Waals surface area contributed by atoms with Crippen LogP contribution in [0.3, 0.4) is 0 Å². The summed E-state index contributed by atoms with van der Waals surface area (Å²) in [5.41, 5.74) is 1.64. The Balaban J connectivity index is 0.00000180. The summed E-state index contributed by atoms with van der Waals surface area (Å²) in [7, 11) is 0. The number of aliphatic carboxylic acids is 1. The van der Waals surface area contributed by atoms with Crippen molar-refractivity contribution in [3.05, 3.63) is 71.3 Å². The molecule has 90 valence electrons. The third-order valence-corrected chi connectivity index (χ3v) is 2.57. The number of hydrogen-bond acceptors (Lipinski definition) is 3. The molecule has 2 aromatic rings. The van der Waals surface area contributed by atoms with Crippen LogP contribution in [0.1, 0.15) is 21.5 Å². The van der Waals surface area contributed by atoms with Crippen molar-refractivity contribution in [3.63, 3.8) is 0 Å². The molecule has 0 aliphatic heterocycles. The summed E-state index contributed by atoms with van der Waals surface area (Å²) in [5.74, 6) is -1.27. The first kappa shape index (κ1) is 15.6. The van der Waals surface area contributed by atoms with Crippen LogP contribution in [-0.4, -0.2) is 11.8 Å². The van der Waals surface area contributed by atoms with Crippen LogP contribution in [0, 0.1) is 0 Å². The topological polar surface area (TPSA) is 57.2 Å². The average Bonchev–Trinajstić information content (AvgIpc) is 2.38. The molecule has 0 heterocycles. The first-order valence-corrected chi connectivity index (χ1v) is 5.55. The molecule has 0 unspecified atom stereocenters. The maximum atomic E-state index is 12.1. The molecule has 0 radical (unpaired) electrons. The Bertz CT molecular complexity index is 579. The Labute approximate surface area is 133 Å². The van der Waals surface area contributed by atoms with E-state index in [4.69, 9.17) is 0 Å². The molecule has 0 N–H and O–H groups in total. The molecule has 0 aliphatic carbocycles. The normalized spacial score (nSPS) is 9.47. The van der Waals surface area contributed by atoms with Crippen molar-refractivity contribution in [1.82, 2.24) is 0 Å². The Morgan fingerprint density at radius 2 is 1.53 bits per heavy atom. The third-order valence-electron chi connectivity index (χ3n) is 2.57. The molecule has 0 aromatic heterocycles. The van der Waals surface area contributed by atoms with Gasteiger partial charge in [-0.2, -0.15) is 0 Å². The van der Waals surface area contributed by atoms with Crippen LogP contribution >= 0.6 is 0 Å². The molecule has 2 aromatic carbocycles. The van der Waals surface area contributed by atoms with Gasteiger partial charge in [0.1, 0.15) is 0 Å². The average molecular weight is 262 g/mol. The van der Waals surface area contributed by atoms with Gasteiger partial charge in [-0.1, -0.05) is 48.5 Å². The van der Waals surface area contributed by atoms with E-state index in [2.05, 4.69) is 0 Å². The number of carboxylic acids is 1. The first-order valence-electron chi connectivity index (χ1n) is 5.55. The van der Waals surface area contributed by atoms with E-state index in [0.717, 1.165) is 0 Å². The largest absolute Gasteiger partial charge is 1.00 e. The van der Waals surface area contributed by atoms with Crippen molar-refractivity contribution in [2.45, 2.75) is 6.42 Å². The van der Waals surface area contributed by atoms with Gasteiger partial charge in [-0.25, -0.2) is 0 Å². The Morgan fingerprint density at radius 3 is 2.16 bits per heavy atom. The number of rotatable bonds is 4. The molecule has 0 saturated heterocycles. The van der Waals surface area contributed by atoms with Crippen molar-refractivity contribution < 1.29 is 44.3 Å². The predicted molar refractivity (Wildman–Crippen MR) is 65.0 cm³/mol. The SMILES string of the molecule is O=C([O-])Cc1cccc(C(=O)c2ccccc2)c1.[Na+]. The fraction of sp³-hybridized carbons (Fsp3) is 0.0667.